The van der Waals surface area contributed by atoms with E-state index in [-0.39, 0.29) is 12.0 Å². The summed E-state index contributed by atoms with van der Waals surface area (Å²) in [7, 11) is 0. The highest BCUT2D eigenvalue weighted by Gasteiger charge is 2.36. The van der Waals surface area contributed by atoms with Gasteiger partial charge in [-0.2, -0.15) is 0 Å². The highest BCUT2D eigenvalue weighted by atomic mass is 16.3. The van der Waals surface area contributed by atoms with Crippen molar-refractivity contribution < 1.29 is 14.3 Å². The van der Waals surface area contributed by atoms with Gasteiger partial charge in [0.25, 0.3) is 0 Å². The van der Waals surface area contributed by atoms with Crippen molar-refractivity contribution in [1.29, 1.82) is 0 Å². The summed E-state index contributed by atoms with van der Waals surface area (Å²) < 4.78 is 5.81. The van der Waals surface area contributed by atoms with Crippen LogP contribution < -0.4 is 5.32 Å². The number of nitrogens with one attached hydrogen (secondary N) is 1. The number of furan rings is 1. The number of rotatable bonds is 6. The van der Waals surface area contributed by atoms with Gasteiger partial charge in [0.15, 0.2) is 0 Å². The van der Waals surface area contributed by atoms with E-state index in [9.17, 15) is 9.90 Å². The van der Waals surface area contributed by atoms with E-state index in [2.05, 4.69) is 18.3 Å². The molecule has 2 fully saturated rings. The van der Waals surface area contributed by atoms with Crippen LogP contribution in [0.3, 0.4) is 0 Å². The van der Waals surface area contributed by atoms with Gasteiger partial charge in [-0.05, 0) is 49.7 Å². The highest BCUT2D eigenvalue weighted by molar-refractivity contribution is 5.76. The van der Waals surface area contributed by atoms with Crippen molar-refractivity contribution in [2.24, 2.45) is 11.8 Å². The average molecular weight is 291 g/mol. The van der Waals surface area contributed by atoms with Gasteiger partial charge < -0.3 is 14.8 Å². The minimum absolute atomic E-state index is 0.0779. The molecule has 0 saturated heterocycles. The molecule has 1 amide bonds. The third-order valence-electron chi connectivity index (χ3n) is 4.86. The van der Waals surface area contributed by atoms with Crippen LogP contribution in [0.15, 0.2) is 16.5 Å². The number of amides is 1. The molecule has 0 bridgehead atoms. The first-order chi connectivity index (χ1) is 10.1. The Morgan fingerprint density at radius 2 is 2.19 bits per heavy atom. The van der Waals surface area contributed by atoms with Gasteiger partial charge in [0.05, 0.1) is 6.10 Å². The lowest BCUT2D eigenvalue weighted by Gasteiger charge is -2.10. The van der Waals surface area contributed by atoms with Crippen LogP contribution in [0.25, 0.3) is 0 Å². The van der Waals surface area contributed by atoms with Crippen LogP contribution in [0.5, 0.6) is 0 Å². The van der Waals surface area contributed by atoms with Crippen LogP contribution >= 0.6 is 0 Å². The number of hydrogen-bond donors (Lipinski definition) is 2. The lowest BCUT2D eigenvalue weighted by Crippen LogP contribution is -2.28. The van der Waals surface area contributed by atoms with Crippen LogP contribution in [0.4, 0.5) is 0 Å². The molecule has 2 N–H and O–H groups in total. The van der Waals surface area contributed by atoms with Crippen molar-refractivity contribution in [2.75, 3.05) is 6.54 Å². The molecule has 4 atom stereocenters. The first-order valence-corrected chi connectivity index (χ1v) is 8.15. The number of aliphatic hydroxyl groups excluding tert-OH is 1. The van der Waals surface area contributed by atoms with Crippen molar-refractivity contribution >= 4 is 5.91 Å². The molecule has 1 heterocycles. The Hall–Kier alpha value is -1.29. The molecule has 1 aromatic heterocycles. The molecule has 116 valence electrons. The van der Waals surface area contributed by atoms with E-state index in [1.165, 1.54) is 6.42 Å². The first-order valence-electron chi connectivity index (χ1n) is 8.15. The van der Waals surface area contributed by atoms with E-state index in [1.807, 2.05) is 6.07 Å². The van der Waals surface area contributed by atoms with E-state index >= 15 is 0 Å². The molecular formula is C17H25NO3. The largest absolute Gasteiger partial charge is 0.466 e. The van der Waals surface area contributed by atoms with Gasteiger partial charge in [-0.25, -0.2) is 0 Å². The van der Waals surface area contributed by atoms with Crippen LogP contribution in [0.1, 0.15) is 56.5 Å². The topological polar surface area (TPSA) is 62.5 Å². The number of hydrogen-bond acceptors (Lipinski definition) is 3. The van der Waals surface area contributed by atoms with Gasteiger partial charge in [-0.15, -0.1) is 0 Å². The minimum atomic E-state index is -0.168. The maximum atomic E-state index is 11.8. The zero-order valence-electron chi connectivity index (χ0n) is 12.7. The van der Waals surface area contributed by atoms with E-state index in [1.54, 1.807) is 0 Å². The zero-order chi connectivity index (χ0) is 14.8. The van der Waals surface area contributed by atoms with Gasteiger partial charge in [-0.3, -0.25) is 4.79 Å². The number of carbonyl (C=O) groups excluding carboxylic acids is 1. The predicted molar refractivity (Wildman–Crippen MR) is 79.9 cm³/mol. The fourth-order valence-electron chi connectivity index (χ4n) is 3.26. The number of carbonyl (C=O) groups is 1. The van der Waals surface area contributed by atoms with Crippen LogP contribution in [-0.2, 0) is 11.2 Å². The van der Waals surface area contributed by atoms with Gasteiger partial charge >= 0.3 is 0 Å². The van der Waals surface area contributed by atoms with Crippen LogP contribution in [-0.4, -0.2) is 23.7 Å². The zero-order valence-corrected chi connectivity index (χ0v) is 12.7. The summed E-state index contributed by atoms with van der Waals surface area (Å²) in [5.41, 5.74) is 0. The molecule has 3 rings (SSSR count). The average Bonchev–Trinajstić information content (AvgIpc) is 2.89. The molecule has 2 aliphatic rings. The second-order valence-corrected chi connectivity index (χ2v) is 6.76. The second kappa shape index (κ2) is 6.22. The molecule has 4 heteroatoms. The maximum absolute atomic E-state index is 11.8. The normalized spacial score (nSPS) is 31.3. The smallest absolute Gasteiger partial charge is 0.220 e. The third kappa shape index (κ3) is 3.88. The van der Waals surface area contributed by atoms with Crippen molar-refractivity contribution in [2.45, 2.75) is 57.5 Å². The van der Waals surface area contributed by atoms with Gasteiger partial charge in [0, 0.05) is 25.3 Å². The van der Waals surface area contributed by atoms with Crippen LogP contribution in [0, 0.1) is 11.8 Å². The van der Waals surface area contributed by atoms with Crippen molar-refractivity contribution in [1.82, 2.24) is 5.32 Å². The SMILES string of the molecule is CC1CC1c1ccc(CCC(=O)NCC2CCC(O)C2)o1. The van der Waals surface area contributed by atoms with E-state index in [4.69, 9.17) is 4.42 Å². The molecule has 0 aromatic carbocycles. The molecule has 2 aliphatic carbocycles. The molecule has 4 unspecified atom stereocenters. The highest BCUT2D eigenvalue weighted by Crippen LogP contribution is 2.47. The quantitative estimate of drug-likeness (QED) is 0.847. The van der Waals surface area contributed by atoms with E-state index < -0.39 is 0 Å². The Balaban J connectivity index is 1.36. The number of aliphatic hydroxyl groups is 1. The first kappa shape index (κ1) is 14.6. The minimum Gasteiger partial charge on any atom is -0.466 e. The lowest BCUT2D eigenvalue weighted by atomic mass is 10.1. The molecule has 0 aliphatic heterocycles. The van der Waals surface area contributed by atoms with E-state index in [0.717, 1.165) is 36.7 Å². The predicted octanol–water partition coefficient (Wildman–Crippen LogP) is 2.61. The molecule has 1 aromatic rings. The standard InChI is InChI=1S/C17H25NO3/c1-11-8-15(11)16-6-4-14(21-16)5-7-17(20)18-10-12-2-3-13(19)9-12/h4,6,11-13,15,19H,2-3,5,7-10H2,1H3,(H,18,20). The Kier molecular flexibility index (Phi) is 4.34. The van der Waals surface area contributed by atoms with Gasteiger partial charge in [0.2, 0.25) is 5.91 Å². The molecular weight excluding hydrogens is 266 g/mol. The van der Waals surface area contributed by atoms with Crippen molar-refractivity contribution in [3.8, 4) is 0 Å². The molecule has 4 nitrogen and oxygen atoms in total. The second-order valence-electron chi connectivity index (χ2n) is 6.76. The summed E-state index contributed by atoms with van der Waals surface area (Å²) in [5.74, 6) is 3.86. The summed E-state index contributed by atoms with van der Waals surface area (Å²) in [6.07, 6.45) is 4.90. The van der Waals surface area contributed by atoms with Gasteiger partial charge in [-0.1, -0.05) is 6.92 Å². The van der Waals surface area contributed by atoms with Gasteiger partial charge in [0.1, 0.15) is 11.5 Å². The Bertz CT molecular complexity index is 496. The molecule has 0 radical (unpaired) electrons. The Labute approximate surface area is 125 Å². The van der Waals surface area contributed by atoms with E-state index in [0.29, 0.717) is 31.2 Å². The number of aryl methyl sites for hydroxylation is 1. The summed E-state index contributed by atoms with van der Waals surface area (Å²) in [6.45, 7) is 2.93. The molecule has 2 saturated carbocycles. The Morgan fingerprint density at radius 3 is 2.86 bits per heavy atom. The third-order valence-corrected chi connectivity index (χ3v) is 4.86. The summed E-state index contributed by atoms with van der Waals surface area (Å²) >= 11 is 0. The molecule has 0 spiro atoms. The van der Waals surface area contributed by atoms with Crippen molar-refractivity contribution in [3.63, 3.8) is 0 Å². The fourth-order valence-corrected chi connectivity index (χ4v) is 3.26. The lowest BCUT2D eigenvalue weighted by molar-refractivity contribution is -0.121. The maximum Gasteiger partial charge on any atom is 0.220 e. The fraction of sp³-hybridized carbons (Fsp3) is 0.706. The van der Waals surface area contributed by atoms with Crippen LogP contribution in [0.2, 0.25) is 0 Å². The summed E-state index contributed by atoms with van der Waals surface area (Å²) in [6, 6.07) is 4.06. The summed E-state index contributed by atoms with van der Waals surface area (Å²) in [4.78, 5) is 11.8. The monoisotopic (exact) mass is 291 g/mol. The summed E-state index contributed by atoms with van der Waals surface area (Å²) in [5, 5.41) is 12.4. The Morgan fingerprint density at radius 1 is 1.38 bits per heavy atom. The molecule has 21 heavy (non-hydrogen) atoms. The van der Waals surface area contributed by atoms with Crippen molar-refractivity contribution in [3.05, 3.63) is 23.7 Å².